The van der Waals surface area contributed by atoms with Crippen LogP contribution in [0.2, 0.25) is 5.02 Å². The summed E-state index contributed by atoms with van der Waals surface area (Å²) >= 11 is 11.5. The molecular weight excluding hydrogens is 263 g/mol. The van der Waals surface area contributed by atoms with Crippen molar-refractivity contribution in [3.63, 3.8) is 0 Å². The minimum Gasteiger partial charge on any atom is -0.461 e. The molecule has 0 aliphatic carbocycles. The van der Waals surface area contributed by atoms with Crippen LogP contribution in [0.4, 0.5) is 5.69 Å². The van der Waals surface area contributed by atoms with Crippen molar-refractivity contribution in [1.82, 2.24) is 0 Å². The highest BCUT2D eigenvalue weighted by atomic mass is 35.5. The Kier molecular flexibility index (Phi) is 5.25. The lowest BCUT2D eigenvalue weighted by molar-refractivity contribution is -0.134. The molecule has 0 atom stereocenters. The average molecular weight is 275 g/mol. The molecule has 17 heavy (non-hydrogen) atoms. The van der Waals surface area contributed by atoms with E-state index in [0.29, 0.717) is 10.7 Å². The smallest absolute Gasteiger partial charge is 0.370 e. The van der Waals surface area contributed by atoms with E-state index in [1.54, 1.807) is 19.1 Å². The molecule has 0 heterocycles. The molecule has 0 radical (unpaired) electrons. The van der Waals surface area contributed by atoms with Crippen molar-refractivity contribution in [3.05, 3.63) is 28.8 Å². The van der Waals surface area contributed by atoms with Gasteiger partial charge in [-0.25, -0.2) is 4.79 Å². The van der Waals surface area contributed by atoms with Crippen LogP contribution in [-0.2, 0) is 9.53 Å². The zero-order chi connectivity index (χ0) is 12.8. The van der Waals surface area contributed by atoms with Crippen molar-refractivity contribution in [1.29, 1.82) is 0 Å². The van der Waals surface area contributed by atoms with Crippen LogP contribution in [-0.4, -0.2) is 17.7 Å². The van der Waals surface area contributed by atoms with E-state index < -0.39 is 5.97 Å². The van der Waals surface area contributed by atoms with E-state index in [9.17, 15) is 4.79 Å². The van der Waals surface area contributed by atoms with Gasteiger partial charge in [-0.05, 0) is 31.5 Å². The maximum absolute atomic E-state index is 11.2. The first kappa shape index (κ1) is 13.8. The molecule has 0 bridgehead atoms. The van der Waals surface area contributed by atoms with Crippen molar-refractivity contribution in [2.24, 2.45) is 5.10 Å². The summed E-state index contributed by atoms with van der Waals surface area (Å²) < 4.78 is 4.68. The predicted octanol–water partition coefficient (Wildman–Crippen LogP) is 3.18. The monoisotopic (exact) mass is 274 g/mol. The minimum atomic E-state index is -0.665. The summed E-state index contributed by atoms with van der Waals surface area (Å²) in [5.41, 5.74) is 4.28. The van der Waals surface area contributed by atoms with Crippen molar-refractivity contribution in [3.8, 4) is 0 Å². The number of anilines is 1. The summed E-state index contributed by atoms with van der Waals surface area (Å²) in [5.74, 6) is -0.665. The molecule has 0 saturated carbocycles. The number of hydrazone groups is 1. The number of esters is 1. The van der Waals surface area contributed by atoms with E-state index in [0.717, 1.165) is 5.56 Å². The van der Waals surface area contributed by atoms with E-state index in [1.165, 1.54) is 0 Å². The summed E-state index contributed by atoms with van der Waals surface area (Å²) in [6.07, 6.45) is 0. The number of carbonyl (C=O) groups is 1. The number of nitrogens with one attached hydrogen (secondary N) is 1. The first-order chi connectivity index (χ1) is 8.04. The lowest BCUT2D eigenvalue weighted by Gasteiger charge is -2.05. The molecule has 0 aliphatic rings. The lowest BCUT2D eigenvalue weighted by Crippen LogP contribution is -2.13. The molecule has 1 rings (SSSR count). The molecule has 0 aliphatic heterocycles. The summed E-state index contributed by atoms with van der Waals surface area (Å²) in [4.78, 5) is 11.2. The van der Waals surface area contributed by atoms with Crippen molar-refractivity contribution >= 4 is 40.0 Å². The molecular formula is C11H12Cl2N2O2. The zero-order valence-corrected chi connectivity index (χ0v) is 11.0. The van der Waals surface area contributed by atoms with Gasteiger partial charge in [0.05, 0.1) is 12.3 Å². The fourth-order valence-corrected chi connectivity index (χ4v) is 1.33. The second-order valence-corrected chi connectivity index (χ2v) is 3.99. The van der Waals surface area contributed by atoms with Crippen molar-refractivity contribution < 1.29 is 9.53 Å². The Bertz CT molecular complexity index is 447. The number of halogens is 2. The van der Waals surface area contributed by atoms with Crippen LogP contribution in [0, 0.1) is 6.92 Å². The van der Waals surface area contributed by atoms with Gasteiger partial charge < -0.3 is 4.74 Å². The average Bonchev–Trinajstić information content (AvgIpc) is 2.30. The lowest BCUT2D eigenvalue weighted by atomic mass is 10.2. The van der Waals surface area contributed by atoms with Gasteiger partial charge in [-0.15, -0.1) is 0 Å². The number of carbonyl (C=O) groups excluding carboxylic acids is 1. The highest BCUT2D eigenvalue weighted by Crippen LogP contribution is 2.20. The standard InChI is InChI=1S/C11H12Cl2N2O2/c1-3-17-11(16)10(13)15-14-9-6-8(12)5-4-7(9)2/h4-6,14H,3H2,1-2H3/b15-10+. The molecule has 0 saturated heterocycles. The van der Waals surface area contributed by atoms with E-state index in [2.05, 4.69) is 15.3 Å². The summed E-state index contributed by atoms with van der Waals surface area (Å²) in [7, 11) is 0. The zero-order valence-electron chi connectivity index (χ0n) is 9.46. The molecule has 0 unspecified atom stereocenters. The highest BCUT2D eigenvalue weighted by Gasteiger charge is 2.09. The molecule has 4 nitrogen and oxygen atoms in total. The third kappa shape index (κ3) is 4.24. The first-order valence-corrected chi connectivity index (χ1v) is 5.72. The van der Waals surface area contributed by atoms with Gasteiger partial charge in [0.2, 0.25) is 5.17 Å². The number of benzene rings is 1. The van der Waals surface area contributed by atoms with E-state index in [-0.39, 0.29) is 11.8 Å². The third-order valence-corrected chi connectivity index (χ3v) is 2.39. The van der Waals surface area contributed by atoms with Crippen LogP contribution >= 0.6 is 23.2 Å². The SMILES string of the molecule is CCOC(=O)/C(Cl)=N\Nc1cc(Cl)ccc1C. The fraction of sp³-hybridized carbons (Fsp3) is 0.273. The molecule has 6 heteroatoms. The normalized spacial score (nSPS) is 11.2. The fourth-order valence-electron chi connectivity index (χ4n) is 1.06. The molecule has 1 N–H and O–H groups in total. The topological polar surface area (TPSA) is 50.7 Å². The number of ether oxygens (including phenoxy) is 1. The third-order valence-electron chi connectivity index (χ3n) is 1.92. The maximum atomic E-state index is 11.2. The molecule has 92 valence electrons. The Morgan fingerprint density at radius 3 is 2.88 bits per heavy atom. The Balaban J connectivity index is 2.75. The Morgan fingerprint density at radius 2 is 2.24 bits per heavy atom. The predicted molar refractivity (Wildman–Crippen MR) is 69.7 cm³/mol. The van der Waals surface area contributed by atoms with Crippen molar-refractivity contribution in [2.75, 3.05) is 12.0 Å². The summed E-state index contributed by atoms with van der Waals surface area (Å²) in [6, 6.07) is 5.28. The minimum absolute atomic E-state index is 0.251. The number of rotatable bonds is 4. The number of hydrogen-bond acceptors (Lipinski definition) is 4. The molecule has 0 fully saturated rings. The van der Waals surface area contributed by atoms with Crippen LogP contribution < -0.4 is 5.43 Å². The Labute approximate surface area is 110 Å². The number of aryl methyl sites for hydroxylation is 1. The summed E-state index contributed by atoms with van der Waals surface area (Å²) in [6.45, 7) is 3.82. The van der Waals surface area contributed by atoms with Crippen LogP contribution in [0.15, 0.2) is 23.3 Å². The highest BCUT2D eigenvalue weighted by molar-refractivity contribution is 6.82. The Hall–Kier alpha value is -1.26. The maximum Gasteiger partial charge on any atom is 0.370 e. The molecule has 1 aromatic rings. The second-order valence-electron chi connectivity index (χ2n) is 3.19. The van der Waals surface area contributed by atoms with Gasteiger partial charge >= 0.3 is 5.97 Å². The van der Waals surface area contributed by atoms with Gasteiger partial charge in [0.25, 0.3) is 0 Å². The molecule has 0 spiro atoms. The Morgan fingerprint density at radius 1 is 1.53 bits per heavy atom. The van der Waals surface area contributed by atoms with E-state index in [1.807, 2.05) is 13.0 Å². The quantitative estimate of drug-likeness (QED) is 0.521. The van der Waals surface area contributed by atoms with Crippen LogP contribution in [0.3, 0.4) is 0 Å². The van der Waals surface area contributed by atoms with E-state index in [4.69, 9.17) is 23.2 Å². The van der Waals surface area contributed by atoms with Crippen molar-refractivity contribution in [2.45, 2.75) is 13.8 Å². The second kappa shape index (κ2) is 6.47. The largest absolute Gasteiger partial charge is 0.461 e. The number of nitrogens with zero attached hydrogens (tertiary/aromatic N) is 1. The van der Waals surface area contributed by atoms with Gasteiger partial charge in [-0.3, -0.25) is 5.43 Å². The van der Waals surface area contributed by atoms with Crippen LogP contribution in [0.5, 0.6) is 0 Å². The van der Waals surface area contributed by atoms with Crippen LogP contribution in [0.1, 0.15) is 12.5 Å². The molecule has 0 amide bonds. The van der Waals surface area contributed by atoms with E-state index >= 15 is 0 Å². The van der Waals surface area contributed by atoms with Gasteiger partial charge in [-0.1, -0.05) is 29.3 Å². The first-order valence-electron chi connectivity index (χ1n) is 4.97. The van der Waals surface area contributed by atoms with Gasteiger partial charge in [0.1, 0.15) is 0 Å². The van der Waals surface area contributed by atoms with Gasteiger partial charge in [-0.2, -0.15) is 5.10 Å². The number of hydrogen-bond donors (Lipinski definition) is 1. The van der Waals surface area contributed by atoms with Crippen LogP contribution in [0.25, 0.3) is 0 Å². The molecule has 0 aromatic heterocycles. The summed E-state index contributed by atoms with van der Waals surface area (Å²) in [5, 5.41) is 4.03. The molecule has 1 aromatic carbocycles. The van der Waals surface area contributed by atoms with Gasteiger partial charge in [0, 0.05) is 5.02 Å². The van der Waals surface area contributed by atoms with Gasteiger partial charge in [0.15, 0.2) is 0 Å².